The van der Waals surface area contributed by atoms with Gasteiger partial charge in [0.15, 0.2) is 0 Å². The molecule has 0 radical (unpaired) electrons. The molecular formula is C6H8N2O3. The maximum absolute atomic E-state index is 10.4. The van der Waals surface area contributed by atoms with Crippen LogP contribution in [-0.2, 0) is 9.53 Å². The van der Waals surface area contributed by atoms with Gasteiger partial charge in [-0.15, -0.1) is 0 Å². The molecule has 1 atom stereocenters. The second-order valence-electron chi connectivity index (χ2n) is 1.93. The molecule has 2 N–H and O–H groups in total. The summed E-state index contributed by atoms with van der Waals surface area (Å²) in [6.07, 6.45) is 2.03. The van der Waals surface area contributed by atoms with E-state index in [1.807, 2.05) is 0 Å². The Hall–Kier alpha value is -1.36. The summed E-state index contributed by atoms with van der Waals surface area (Å²) in [6, 6.07) is 0. The van der Waals surface area contributed by atoms with Gasteiger partial charge >= 0.3 is 5.97 Å². The van der Waals surface area contributed by atoms with E-state index in [1.54, 1.807) is 6.20 Å². The van der Waals surface area contributed by atoms with Crippen molar-refractivity contribution in [1.29, 1.82) is 0 Å². The topological polar surface area (TPSA) is 75.2 Å². The highest BCUT2D eigenvalue weighted by Crippen LogP contribution is 2.10. The molecule has 0 saturated carbocycles. The number of ether oxygens (including phenoxy) is 1. The van der Waals surface area contributed by atoms with Gasteiger partial charge in [-0.25, -0.2) is 9.78 Å². The molecule has 5 nitrogen and oxygen atoms in total. The van der Waals surface area contributed by atoms with Crippen LogP contribution in [0.1, 0.15) is 11.9 Å². The summed E-state index contributed by atoms with van der Waals surface area (Å²) in [6.45, 7) is 0. The standard InChI is InChI=1S/C6H8N2O3/c1-11-4(6(9)10)5-7-2-3-8-5/h2-4H,1H3,(H,7,8)(H,9,10)/t4-/m0/s1. The Balaban J connectivity index is 2.79. The van der Waals surface area contributed by atoms with E-state index in [4.69, 9.17) is 5.11 Å². The van der Waals surface area contributed by atoms with Gasteiger partial charge in [0.05, 0.1) is 0 Å². The number of aliphatic carboxylic acids is 1. The van der Waals surface area contributed by atoms with Gasteiger partial charge in [0, 0.05) is 19.5 Å². The molecule has 0 fully saturated rings. The van der Waals surface area contributed by atoms with Crippen LogP contribution >= 0.6 is 0 Å². The van der Waals surface area contributed by atoms with Crippen LogP contribution in [0.25, 0.3) is 0 Å². The Bertz CT molecular complexity index is 232. The van der Waals surface area contributed by atoms with Crippen LogP contribution in [0.4, 0.5) is 0 Å². The lowest BCUT2D eigenvalue weighted by Crippen LogP contribution is -2.14. The van der Waals surface area contributed by atoms with Crippen molar-refractivity contribution < 1.29 is 14.6 Å². The maximum atomic E-state index is 10.4. The minimum Gasteiger partial charge on any atom is -0.479 e. The van der Waals surface area contributed by atoms with Gasteiger partial charge < -0.3 is 14.8 Å². The number of carboxylic acid groups (broad SMARTS) is 1. The minimum absolute atomic E-state index is 0.306. The Morgan fingerprint density at radius 3 is 3.00 bits per heavy atom. The molecule has 1 rings (SSSR count). The number of carboxylic acids is 1. The molecule has 11 heavy (non-hydrogen) atoms. The fraction of sp³-hybridized carbons (Fsp3) is 0.333. The fourth-order valence-corrected chi connectivity index (χ4v) is 0.750. The summed E-state index contributed by atoms with van der Waals surface area (Å²) in [7, 11) is 1.32. The van der Waals surface area contributed by atoms with Crippen molar-refractivity contribution in [3.63, 3.8) is 0 Å². The maximum Gasteiger partial charge on any atom is 0.340 e. The molecule has 0 aliphatic carbocycles. The van der Waals surface area contributed by atoms with E-state index in [2.05, 4.69) is 14.7 Å². The van der Waals surface area contributed by atoms with Crippen LogP contribution in [0.5, 0.6) is 0 Å². The van der Waals surface area contributed by atoms with Crippen LogP contribution in [0.15, 0.2) is 12.4 Å². The highest BCUT2D eigenvalue weighted by Gasteiger charge is 2.20. The number of imidazole rings is 1. The second kappa shape index (κ2) is 3.16. The van der Waals surface area contributed by atoms with E-state index in [1.165, 1.54) is 13.3 Å². The number of H-pyrrole nitrogens is 1. The summed E-state index contributed by atoms with van der Waals surface area (Å²) in [5.74, 6) is -0.748. The normalized spacial score (nSPS) is 12.8. The Morgan fingerprint density at radius 2 is 2.64 bits per heavy atom. The zero-order valence-corrected chi connectivity index (χ0v) is 5.94. The molecule has 0 bridgehead atoms. The van der Waals surface area contributed by atoms with Gasteiger partial charge in [0.25, 0.3) is 0 Å². The van der Waals surface area contributed by atoms with Gasteiger partial charge in [-0.05, 0) is 0 Å². The number of methoxy groups -OCH3 is 1. The quantitative estimate of drug-likeness (QED) is 0.654. The van der Waals surface area contributed by atoms with E-state index in [0.29, 0.717) is 5.82 Å². The average Bonchev–Trinajstić information content (AvgIpc) is 2.40. The first-order valence-corrected chi connectivity index (χ1v) is 3.00. The molecule has 1 aromatic rings. The van der Waals surface area contributed by atoms with E-state index in [9.17, 15) is 4.79 Å². The SMILES string of the molecule is CO[C@H](C(=O)O)c1ncc[nH]1. The smallest absolute Gasteiger partial charge is 0.340 e. The van der Waals surface area contributed by atoms with Gasteiger partial charge in [-0.2, -0.15) is 0 Å². The number of nitrogens with one attached hydrogen (secondary N) is 1. The van der Waals surface area contributed by atoms with E-state index in [-0.39, 0.29) is 0 Å². The number of nitrogens with zero attached hydrogens (tertiary/aromatic N) is 1. The molecule has 0 spiro atoms. The van der Waals surface area contributed by atoms with Crippen molar-refractivity contribution in [2.75, 3.05) is 7.11 Å². The van der Waals surface area contributed by atoms with Crippen molar-refractivity contribution in [1.82, 2.24) is 9.97 Å². The number of hydrogen-bond donors (Lipinski definition) is 2. The van der Waals surface area contributed by atoms with E-state index < -0.39 is 12.1 Å². The largest absolute Gasteiger partial charge is 0.479 e. The van der Waals surface area contributed by atoms with Crippen LogP contribution in [0, 0.1) is 0 Å². The number of carbonyl (C=O) groups is 1. The molecule has 1 heterocycles. The van der Waals surface area contributed by atoms with Gasteiger partial charge in [-0.3, -0.25) is 0 Å². The average molecular weight is 156 g/mol. The van der Waals surface area contributed by atoms with Gasteiger partial charge in [0.2, 0.25) is 6.10 Å². The fourth-order valence-electron chi connectivity index (χ4n) is 0.750. The summed E-state index contributed by atoms with van der Waals surface area (Å²) >= 11 is 0. The van der Waals surface area contributed by atoms with Gasteiger partial charge in [0.1, 0.15) is 5.82 Å². The van der Waals surface area contributed by atoms with Crippen LogP contribution in [0.2, 0.25) is 0 Å². The lowest BCUT2D eigenvalue weighted by Gasteiger charge is -2.05. The lowest BCUT2D eigenvalue weighted by atomic mass is 10.3. The molecule has 5 heteroatoms. The van der Waals surface area contributed by atoms with Crippen molar-refractivity contribution in [2.45, 2.75) is 6.10 Å². The van der Waals surface area contributed by atoms with Crippen LogP contribution in [-0.4, -0.2) is 28.2 Å². The Kier molecular flexibility index (Phi) is 2.22. The number of aromatic amines is 1. The first kappa shape index (κ1) is 7.74. The third-order valence-electron chi connectivity index (χ3n) is 1.23. The van der Waals surface area contributed by atoms with Crippen molar-refractivity contribution in [3.05, 3.63) is 18.2 Å². The highest BCUT2D eigenvalue weighted by atomic mass is 16.5. The van der Waals surface area contributed by atoms with Crippen molar-refractivity contribution >= 4 is 5.97 Å². The molecule has 0 aliphatic rings. The van der Waals surface area contributed by atoms with Crippen molar-refractivity contribution in [2.24, 2.45) is 0 Å². The number of rotatable bonds is 3. The molecule has 1 aromatic heterocycles. The summed E-state index contributed by atoms with van der Waals surface area (Å²) in [4.78, 5) is 16.8. The highest BCUT2D eigenvalue weighted by molar-refractivity contribution is 5.73. The zero-order valence-electron chi connectivity index (χ0n) is 5.94. The van der Waals surface area contributed by atoms with Crippen LogP contribution in [0.3, 0.4) is 0 Å². The summed E-state index contributed by atoms with van der Waals surface area (Å²) in [5.41, 5.74) is 0. The first-order valence-electron chi connectivity index (χ1n) is 3.00. The zero-order chi connectivity index (χ0) is 8.27. The number of aromatic nitrogens is 2. The van der Waals surface area contributed by atoms with Crippen molar-refractivity contribution in [3.8, 4) is 0 Å². The minimum atomic E-state index is -1.05. The molecule has 60 valence electrons. The predicted octanol–water partition coefficient (Wildman–Crippen LogP) is 0.182. The summed E-state index contributed by atoms with van der Waals surface area (Å²) < 4.78 is 4.66. The molecule has 0 amide bonds. The molecule has 0 unspecified atom stereocenters. The van der Waals surface area contributed by atoms with Crippen LogP contribution < -0.4 is 0 Å². The molecule has 0 saturated heterocycles. The predicted molar refractivity (Wildman–Crippen MR) is 36.0 cm³/mol. The Morgan fingerprint density at radius 1 is 1.91 bits per heavy atom. The van der Waals surface area contributed by atoms with E-state index >= 15 is 0 Å². The molecule has 0 aliphatic heterocycles. The second-order valence-corrected chi connectivity index (χ2v) is 1.93. The van der Waals surface area contributed by atoms with E-state index in [0.717, 1.165) is 0 Å². The monoisotopic (exact) mass is 156 g/mol. The third kappa shape index (κ3) is 1.56. The first-order chi connectivity index (χ1) is 5.25. The third-order valence-corrected chi connectivity index (χ3v) is 1.23. The lowest BCUT2D eigenvalue weighted by molar-refractivity contribution is -0.149. The summed E-state index contributed by atoms with van der Waals surface area (Å²) in [5, 5.41) is 8.56. The molecular weight excluding hydrogens is 148 g/mol. The molecule has 0 aromatic carbocycles. The van der Waals surface area contributed by atoms with Gasteiger partial charge in [-0.1, -0.05) is 0 Å². The number of hydrogen-bond acceptors (Lipinski definition) is 3. The Labute approximate surface area is 63.0 Å².